The van der Waals surface area contributed by atoms with Crippen LogP contribution < -0.4 is 16.4 Å². The Balaban J connectivity index is 1.65. The average molecular weight is 337 g/mol. The minimum Gasteiger partial charge on any atom is -0.351 e. The lowest BCUT2D eigenvalue weighted by atomic mass is 9.85. The number of nitrogens with two attached hydrogens (primary N) is 1. The molecule has 2 fully saturated rings. The van der Waals surface area contributed by atoms with E-state index in [-0.39, 0.29) is 29.8 Å². The Labute approximate surface area is 141 Å². The number of halogens is 2. The molecule has 24 heavy (non-hydrogen) atoms. The summed E-state index contributed by atoms with van der Waals surface area (Å²) in [7, 11) is 0. The van der Waals surface area contributed by atoms with Gasteiger partial charge in [-0.3, -0.25) is 4.79 Å². The van der Waals surface area contributed by atoms with Crippen molar-refractivity contribution in [2.75, 3.05) is 13.1 Å². The topological polar surface area (TPSA) is 67.2 Å². The Morgan fingerprint density at radius 3 is 2.79 bits per heavy atom. The number of amides is 1. The number of carbonyl (C=O) groups excluding carboxylic acids is 1. The van der Waals surface area contributed by atoms with Crippen molar-refractivity contribution in [3.05, 3.63) is 35.4 Å². The molecule has 1 aliphatic heterocycles. The lowest BCUT2D eigenvalue weighted by Gasteiger charge is -2.33. The van der Waals surface area contributed by atoms with Crippen molar-refractivity contribution in [3.63, 3.8) is 0 Å². The molecule has 132 valence electrons. The van der Waals surface area contributed by atoms with Crippen LogP contribution in [0.3, 0.4) is 0 Å². The smallest absolute Gasteiger partial charge is 0.220 e. The van der Waals surface area contributed by atoms with Crippen LogP contribution in [-0.4, -0.2) is 31.1 Å². The van der Waals surface area contributed by atoms with Gasteiger partial charge in [0.05, 0.1) is 0 Å². The van der Waals surface area contributed by atoms with E-state index in [4.69, 9.17) is 5.73 Å². The van der Waals surface area contributed by atoms with Crippen LogP contribution in [-0.2, 0) is 4.79 Å². The van der Waals surface area contributed by atoms with Gasteiger partial charge in [-0.15, -0.1) is 0 Å². The second-order valence-electron chi connectivity index (χ2n) is 7.01. The third-order valence-electron chi connectivity index (χ3n) is 5.37. The fourth-order valence-corrected chi connectivity index (χ4v) is 3.97. The van der Waals surface area contributed by atoms with Crippen LogP contribution in [0.4, 0.5) is 8.78 Å². The van der Waals surface area contributed by atoms with Gasteiger partial charge in [0, 0.05) is 31.0 Å². The number of rotatable bonds is 4. The van der Waals surface area contributed by atoms with E-state index in [0.29, 0.717) is 13.0 Å². The fourth-order valence-electron chi connectivity index (χ4n) is 3.97. The predicted molar refractivity (Wildman–Crippen MR) is 88.4 cm³/mol. The van der Waals surface area contributed by atoms with Gasteiger partial charge in [-0.2, -0.15) is 0 Å². The minimum absolute atomic E-state index is 0.00127. The summed E-state index contributed by atoms with van der Waals surface area (Å²) in [5, 5.41) is 6.34. The number of hydrogen-bond acceptors (Lipinski definition) is 3. The van der Waals surface area contributed by atoms with E-state index < -0.39 is 11.6 Å². The van der Waals surface area contributed by atoms with Gasteiger partial charge in [-0.1, -0.05) is 12.5 Å². The van der Waals surface area contributed by atoms with Gasteiger partial charge in [0.25, 0.3) is 0 Å². The first kappa shape index (κ1) is 17.3. The summed E-state index contributed by atoms with van der Waals surface area (Å²) in [6.07, 6.45) is 4.30. The number of nitrogens with one attached hydrogen (secondary N) is 2. The summed E-state index contributed by atoms with van der Waals surface area (Å²) < 4.78 is 26.7. The van der Waals surface area contributed by atoms with Crippen LogP contribution >= 0.6 is 0 Å². The van der Waals surface area contributed by atoms with Crippen molar-refractivity contribution in [1.29, 1.82) is 0 Å². The van der Waals surface area contributed by atoms with Crippen molar-refractivity contribution in [1.82, 2.24) is 10.6 Å². The summed E-state index contributed by atoms with van der Waals surface area (Å²) in [6, 6.07) is 4.01. The second kappa shape index (κ2) is 7.57. The van der Waals surface area contributed by atoms with Gasteiger partial charge in [0.2, 0.25) is 5.91 Å². The molecule has 1 saturated carbocycles. The zero-order valence-corrected chi connectivity index (χ0v) is 13.7. The number of carbonyl (C=O) groups is 1. The van der Waals surface area contributed by atoms with Crippen LogP contribution in [0.2, 0.25) is 0 Å². The molecule has 0 bridgehead atoms. The van der Waals surface area contributed by atoms with Gasteiger partial charge in [0.1, 0.15) is 0 Å². The van der Waals surface area contributed by atoms with Crippen LogP contribution in [0, 0.1) is 17.6 Å². The summed E-state index contributed by atoms with van der Waals surface area (Å²) in [4.78, 5) is 12.4. The Hall–Kier alpha value is -1.53. The first-order valence-corrected chi connectivity index (χ1v) is 8.75. The van der Waals surface area contributed by atoms with Crippen molar-refractivity contribution in [2.45, 2.75) is 50.1 Å². The monoisotopic (exact) mass is 337 g/mol. The predicted octanol–water partition coefficient (Wildman–Crippen LogP) is 2.04. The molecule has 3 rings (SSSR count). The number of benzene rings is 1. The molecule has 2 aliphatic rings. The minimum atomic E-state index is -0.844. The fraction of sp³-hybridized carbons (Fsp3) is 0.611. The molecule has 4 N–H and O–H groups in total. The Kier molecular flexibility index (Phi) is 5.46. The molecule has 2 unspecified atom stereocenters. The van der Waals surface area contributed by atoms with E-state index >= 15 is 0 Å². The van der Waals surface area contributed by atoms with Crippen LogP contribution in [0.25, 0.3) is 0 Å². The van der Waals surface area contributed by atoms with E-state index in [1.54, 1.807) is 6.07 Å². The van der Waals surface area contributed by atoms with Crippen LogP contribution in [0.1, 0.15) is 43.6 Å². The molecule has 1 aromatic carbocycles. The van der Waals surface area contributed by atoms with Gasteiger partial charge in [-0.25, -0.2) is 8.78 Å². The van der Waals surface area contributed by atoms with Crippen molar-refractivity contribution in [3.8, 4) is 0 Å². The summed E-state index contributed by atoms with van der Waals surface area (Å²) >= 11 is 0. The number of hydrogen-bond donors (Lipinski definition) is 3. The molecule has 0 aromatic heterocycles. The first-order valence-electron chi connectivity index (χ1n) is 8.75. The Bertz CT molecular complexity index is 596. The van der Waals surface area contributed by atoms with Crippen molar-refractivity contribution >= 4 is 5.91 Å². The zero-order chi connectivity index (χ0) is 17.1. The maximum Gasteiger partial charge on any atom is 0.220 e. The van der Waals surface area contributed by atoms with Crippen LogP contribution in [0.5, 0.6) is 0 Å². The van der Waals surface area contributed by atoms with E-state index in [1.807, 2.05) is 0 Å². The summed E-state index contributed by atoms with van der Waals surface area (Å²) in [5.41, 5.74) is 6.77. The number of piperidine rings is 1. The zero-order valence-electron chi connectivity index (χ0n) is 13.7. The van der Waals surface area contributed by atoms with Gasteiger partial charge in [-0.05, 0) is 49.4 Å². The van der Waals surface area contributed by atoms with E-state index in [2.05, 4.69) is 10.6 Å². The molecule has 6 heteroatoms. The summed E-state index contributed by atoms with van der Waals surface area (Å²) in [5.74, 6) is -1.44. The maximum absolute atomic E-state index is 13.5. The molecule has 1 amide bonds. The Morgan fingerprint density at radius 1 is 1.25 bits per heavy atom. The Morgan fingerprint density at radius 2 is 2.08 bits per heavy atom. The van der Waals surface area contributed by atoms with Gasteiger partial charge in [0.15, 0.2) is 11.6 Å². The quantitative estimate of drug-likeness (QED) is 0.788. The van der Waals surface area contributed by atoms with Gasteiger partial charge >= 0.3 is 0 Å². The highest BCUT2D eigenvalue weighted by molar-refractivity contribution is 5.76. The van der Waals surface area contributed by atoms with Crippen LogP contribution in [0.15, 0.2) is 18.2 Å². The molecule has 1 heterocycles. The molecule has 4 atom stereocenters. The van der Waals surface area contributed by atoms with E-state index in [1.165, 1.54) is 6.07 Å². The summed E-state index contributed by atoms with van der Waals surface area (Å²) in [6.45, 7) is 1.43. The van der Waals surface area contributed by atoms with Crippen molar-refractivity contribution in [2.24, 2.45) is 11.7 Å². The molecular weight excluding hydrogens is 312 g/mol. The lowest BCUT2D eigenvalue weighted by molar-refractivity contribution is -0.123. The highest BCUT2D eigenvalue weighted by Crippen LogP contribution is 2.29. The lowest BCUT2D eigenvalue weighted by Crippen LogP contribution is -2.50. The maximum atomic E-state index is 13.5. The average Bonchev–Trinajstić information content (AvgIpc) is 2.95. The molecule has 1 saturated heterocycles. The third-order valence-corrected chi connectivity index (χ3v) is 5.37. The third kappa shape index (κ3) is 3.92. The molecule has 1 aromatic rings. The molecular formula is C18H25F2N3O. The first-order chi connectivity index (χ1) is 11.5. The van der Waals surface area contributed by atoms with Crippen molar-refractivity contribution < 1.29 is 13.6 Å². The van der Waals surface area contributed by atoms with E-state index in [9.17, 15) is 13.6 Å². The SMILES string of the molecule is N[C@@H]1CCC[C@H]1CC(=O)NC1CNCCC1c1ccc(F)c(F)c1. The van der Waals surface area contributed by atoms with E-state index in [0.717, 1.165) is 43.9 Å². The standard InChI is InChI=1S/C18H25F2N3O/c19-14-5-4-11(8-15(14)20)13-6-7-22-10-17(13)23-18(24)9-12-2-1-3-16(12)21/h4-5,8,12-13,16-17,22H,1-3,6-7,9-10,21H2,(H,23,24)/t12-,13?,16+,17?/m0/s1. The highest BCUT2D eigenvalue weighted by atomic mass is 19.2. The largest absolute Gasteiger partial charge is 0.351 e. The highest BCUT2D eigenvalue weighted by Gasteiger charge is 2.31. The molecule has 4 nitrogen and oxygen atoms in total. The molecule has 1 aliphatic carbocycles. The molecule has 0 spiro atoms. The second-order valence-corrected chi connectivity index (χ2v) is 7.01. The normalized spacial score (nSPS) is 30.3. The molecule has 0 radical (unpaired) electrons. The van der Waals surface area contributed by atoms with Gasteiger partial charge < -0.3 is 16.4 Å².